The second-order valence-corrected chi connectivity index (χ2v) is 9.18. The Morgan fingerprint density at radius 1 is 1.07 bits per heavy atom. The van der Waals surface area contributed by atoms with Crippen LogP contribution in [0.1, 0.15) is 35.7 Å². The van der Waals surface area contributed by atoms with Crippen LogP contribution in [0.5, 0.6) is 0 Å². The number of nitrogens with one attached hydrogen (secondary N) is 1. The average Bonchev–Trinajstić information content (AvgIpc) is 2.68. The molecule has 8 heteroatoms. The highest BCUT2D eigenvalue weighted by atomic mass is 32.2. The Morgan fingerprint density at radius 2 is 1.70 bits per heavy atom. The van der Waals surface area contributed by atoms with Gasteiger partial charge in [-0.3, -0.25) is 4.79 Å². The third-order valence-electron chi connectivity index (χ3n) is 4.76. The highest BCUT2D eigenvalue weighted by Gasteiger charge is 2.30. The predicted molar refractivity (Wildman–Crippen MR) is 107 cm³/mol. The monoisotopic (exact) mass is 405 g/mol. The summed E-state index contributed by atoms with van der Waals surface area (Å²) in [6.45, 7) is 5.35. The van der Waals surface area contributed by atoms with Gasteiger partial charge >= 0.3 is 0 Å². The molecule has 0 atom stereocenters. The molecule has 0 saturated carbocycles. The summed E-state index contributed by atoms with van der Waals surface area (Å²) in [6.07, 6.45) is 1.67. The summed E-state index contributed by atoms with van der Waals surface area (Å²) in [5.74, 6) is 0.177. The van der Waals surface area contributed by atoms with Crippen molar-refractivity contribution in [3.8, 4) is 0 Å². The smallest absolute Gasteiger partial charge is 0.256 e. The molecule has 0 bridgehead atoms. The fourth-order valence-electron chi connectivity index (χ4n) is 3.07. The molecular formula is C19H23N3O3S2. The lowest BCUT2D eigenvalue weighted by atomic mass is 10.0. The van der Waals surface area contributed by atoms with E-state index in [9.17, 15) is 13.2 Å². The zero-order chi connectivity index (χ0) is 19.6. The van der Waals surface area contributed by atoms with Gasteiger partial charge in [-0.05, 0) is 35.7 Å². The van der Waals surface area contributed by atoms with Gasteiger partial charge in [-0.25, -0.2) is 8.42 Å². The van der Waals surface area contributed by atoms with Gasteiger partial charge in [0.05, 0.1) is 10.5 Å². The SMILES string of the molecule is CC(C)c1ccc(S(=O)(=O)N2CCN(C(=O)c3ccc[nH]c3=S)CC2)cc1. The fraction of sp³-hybridized carbons (Fsp3) is 0.368. The maximum Gasteiger partial charge on any atom is 0.256 e. The number of amides is 1. The molecule has 6 nitrogen and oxygen atoms in total. The molecule has 1 fully saturated rings. The van der Waals surface area contributed by atoms with Crippen molar-refractivity contribution in [2.24, 2.45) is 0 Å². The van der Waals surface area contributed by atoms with E-state index < -0.39 is 10.0 Å². The summed E-state index contributed by atoms with van der Waals surface area (Å²) in [4.78, 5) is 17.4. The van der Waals surface area contributed by atoms with Gasteiger partial charge in [-0.1, -0.05) is 38.2 Å². The first-order valence-electron chi connectivity index (χ1n) is 8.88. The van der Waals surface area contributed by atoms with Crippen LogP contribution in [0.25, 0.3) is 0 Å². The van der Waals surface area contributed by atoms with Crippen LogP contribution >= 0.6 is 12.2 Å². The minimum Gasteiger partial charge on any atom is -0.352 e. The van der Waals surface area contributed by atoms with Crippen molar-refractivity contribution in [3.63, 3.8) is 0 Å². The van der Waals surface area contributed by atoms with Gasteiger partial charge in [-0.15, -0.1) is 0 Å². The minimum atomic E-state index is -3.56. The van der Waals surface area contributed by atoms with E-state index in [0.717, 1.165) is 5.56 Å². The van der Waals surface area contributed by atoms with Crippen LogP contribution in [0.4, 0.5) is 0 Å². The number of piperazine rings is 1. The highest BCUT2D eigenvalue weighted by molar-refractivity contribution is 7.89. The van der Waals surface area contributed by atoms with Crippen molar-refractivity contribution in [1.29, 1.82) is 0 Å². The van der Waals surface area contributed by atoms with Gasteiger partial charge in [0, 0.05) is 32.4 Å². The van der Waals surface area contributed by atoms with E-state index in [1.54, 1.807) is 35.4 Å². The molecule has 27 heavy (non-hydrogen) atoms. The highest BCUT2D eigenvalue weighted by Crippen LogP contribution is 2.21. The van der Waals surface area contributed by atoms with Crippen molar-refractivity contribution >= 4 is 28.1 Å². The van der Waals surface area contributed by atoms with Crippen LogP contribution in [0.3, 0.4) is 0 Å². The Morgan fingerprint density at radius 3 is 2.26 bits per heavy atom. The number of aromatic amines is 1. The normalized spacial score (nSPS) is 15.9. The molecule has 1 aromatic carbocycles. The summed E-state index contributed by atoms with van der Waals surface area (Å²) >= 11 is 5.16. The molecule has 1 aliphatic rings. The van der Waals surface area contributed by atoms with Crippen molar-refractivity contribution in [3.05, 3.63) is 58.4 Å². The molecular weight excluding hydrogens is 382 g/mol. The first kappa shape index (κ1) is 19.7. The van der Waals surface area contributed by atoms with Crippen LogP contribution in [0.15, 0.2) is 47.5 Å². The molecule has 0 radical (unpaired) electrons. The Balaban J connectivity index is 1.70. The van der Waals surface area contributed by atoms with E-state index in [1.165, 1.54) is 4.31 Å². The number of rotatable bonds is 4. The second-order valence-electron chi connectivity index (χ2n) is 6.83. The molecule has 0 unspecified atom stereocenters. The van der Waals surface area contributed by atoms with Crippen LogP contribution in [0, 0.1) is 4.64 Å². The van der Waals surface area contributed by atoms with Crippen LogP contribution in [0.2, 0.25) is 0 Å². The quantitative estimate of drug-likeness (QED) is 0.794. The molecule has 3 rings (SSSR count). The summed E-state index contributed by atoms with van der Waals surface area (Å²) < 4.78 is 27.6. The van der Waals surface area contributed by atoms with E-state index in [4.69, 9.17) is 12.2 Å². The number of carbonyl (C=O) groups is 1. The Bertz CT molecular complexity index is 974. The lowest BCUT2D eigenvalue weighted by molar-refractivity contribution is 0.0697. The zero-order valence-electron chi connectivity index (χ0n) is 15.4. The number of nitrogens with zero attached hydrogens (tertiary/aromatic N) is 2. The lowest BCUT2D eigenvalue weighted by Crippen LogP contribution is -2.50. The molecule has 1 amide bonds. The van der Waals surface area contributed by atoms with Gasteiger partial charge in [0.1, 0.15) is 4.64 Å². The summed E-state index contributed by atoms with van der Waals surface area (Å²) in [5.41, 5.74) is 1.54. The van der Waals surface area contributed by atoms with E-state index in [-0.39, 0.29) is 23.9 Å². The molecule has 2 aromatic rings. The average molecular weight is 406 g/mol. The number of benzene rings is 1. The van der Waals surface area contributed by atoms with Crippen LogP contribution in [-0.2, 0) is 10.0 Å². The Labute approximate surface area is 164 Å². The van der Waals surface area contributed by atoms with Crippen molar-refractivity contribution < 1.29 is 13.2 Å². The van der Waals surface area contributed by atoms with E-state index >= 15 is 0 Å². The van der Waals surface area contributed by atoms with Crippen LogP contribution < -0.4 is 0 Å². The second kappa shape index (κ2) is 7.92. The number of hydrogen-bond acceptors (Lipinski definition) is 4. The van der Waals surface area contributed by atoms with E-state index in [0.29, 0.717) is 29.2 Å². The molecule has 2 heterocycles. The van der Waals surface area contributed by atoms with Gasteiger partial charge in [0.15, 0.2) is 0 Å². The summed E-state index contributed by atoms with van der Waals surface area (Å²) in [7, 11) is -3.56. The summed E-state index contributed by atoms with van der Waals surface area (Å²) in [6, 6.07) is 10.4. The predicted octanol–water partition coefficient (Wildman–Crippen LogP) is 3.01. The van der Waals surface area contributed by atoms with Crippen molar-refractivity contribution in [2.75, 3.05) is 26.2 Å². The maximum absolute atomic E-state index is 12.9. The van der Waals surface area contributed by atoms with Crippen molar-refractivity contribution in [1.82, 2.24) is 14.2 Å². The van der Waals surface area contributed by atoms with Gasteiger partial charge < -0.3 is 9.88 Å². The van der Waals surface area contributed by atoms with E-state index in [1.807, 2.05) is 12.1 Å². The molecule has 1 aliphatic heterocycles. The number of pyridine rings is 1. The van der Waals surface area contributed by atoms with Gasteiger partial charge in [-0.2, -0.15) is 4.31 Å². The zero-order valence-corrected chi connectivity index (χ0v) is 17.0. The Kier molecular flexibility index (Phi) is 5.78. The lowest BCUT2D eigenvalue weighted by Gasteiger charge is -2.34. The van der Waals surface area contributed by atoms with Crippen molar-refractivity contribution in [2.45, 2.75) is 24.7 Å². The topological polar surface area (TPSA) is 73.5 Å². The largest absolute Gasteiger partial charge is 0.352 e. The molecule has 144 valence electrons. The molecule has 1 aromatic heterocycles. The number of sulfonamides is 1. The first-order valence-corrected chi connectivity index (χ1v) is 10.7. The maximum atomic E-state index is 12.9. The van der Waals surface area contributed by atoms with Gasteiger partial charge in [0.25, 0.3) is 5.91 Å². The summed E-state index contributed by atoms with van der Waals surface area (Å²) in [5, 5.41) is 0. The Hall–Kier alpha value is -2.03. The number of aromatic nitrogens is 1. The number of hydrogen-bond donors (Lipinski definition) is 1. The molecule has 0 spiro atoms. The molecule has 1 N–H and O–H groups in total. The number of H-pyrrole nitrogens is 1. The van der Waals surface area contributed by atoms with Gasteiger partial charge in [0.2, 0.25) is 10.0 Å². The number of carbonyl (C=O) groups excluding carboxylic acids is 1. The fourth-order valence-corrected chi connectivity index (χ4v) is 4.71. The van der Waals surface area contributed by atoms with E-state index in [2.05, 4.69) is 18.8 Å². The first-order chi connectivity index (χ1) is 12.8. The third-order valence-corrected chi connectivity index (χ3v) is 7.01. The van der Waals surface area contributed by atoms with Crippen LogP contribution in [-0.4, -0.2) is 54.7 Å². The molecule has 0 aliphatic carbocycles. The standard InChI is InChI=1S/C19H23N3O3S2/c1-14(2)15-5-7-16(8-6-15)27(24,25)22-12-10-21(11-13-22)19(23)17-4-3-9-20-18(17)26/h3-9,14H,10-13H2,1-2H3,(H,20,26). The third kappa shape index (κ3) is 4.12. The minimum absolute atomic E-state index is 0.171. The molecule has 1 saturated heterocycles.